The van der Waals surface area contributed by atoms with Crippen LogP contribution in [0.5, 0.6) is 0 Å². The zero-order valence-corrected chi connectivity index (χ0v) is 15.6. The lowest BCUT2D eigenvalue weighted by atomic mass is 9.97. The lowest BCUT2D eigenvalue weighted by Gasteiger charge is -2.22. The van der Waals surface area contributed by atoms with Crippen LogP contribution >= 0.6 is 0 Å². The number of hydrogen-bond donors (Lipinski definition) is 2. The standard InChI is InChI=1S/C23H26N2O2/c1-18-9-5-6-13-22(18)23(19-10-3-2-4-11-19)27-17-21(26)16-24-15-20-12-7-8-14-25-20/h2-14,21,23-24,26H,15-17H2,1H3/t21-,23-/m0/s1. The van der Waals surface area contributed by atoms with Crippen molar-refractivity contribution in [2.75, 3.05) is 13.2 Å². The third-order valence-electron chi connectivity index (χ3n) is 4.44. The van der Waals surface area contributed by atoms with Crippen LogP contribution in [0.25, 0.3) is 0 Å². The molecule has 0 aliphatic heterocycles. The van der Waals surface area contributed by atoms with Crippen LogP contribution in [0.1, 0.15) is 28.5 Å². The number of aliphatic hydroxyl groups is 1. The molecule has 0 aliphatic rings. The first-order valence-electron chi connectivity index (χ1n) is 9.25. The number of ether oxygens (including phenoxy) is 1. The van der Waals surface area contributed by atoms with Crippen molar-refractivity contribution in [3.05, 3.63) is 101 Å². The normalized spacial score (nSPS) is 13.3. The van der Waals surface area contributed by atoms with Gasteiger partial charge >= 0.3 is 0 Å². The summed E-state index contributed by atoms with van der Waals surface area (Å²) in [5, 5.41) is 13.6. The molecule has 1 aromatic heterocycles. The number of aliphatic hydroxyl groups excluding tert-OH is 1. The lowest BCUT2D eigenvalue weighted by Crippen LogP contribution is -2.31. The van der Waals surface area contributed by atoms with Gasteiger partial charge in [-0.3, -0.25) is 4.98 Å². The number of pyridine rings is 1. The second-order valence-corrected chi connectivity index (χ2v) is 6.59. The smallest absolute Gasteiger partial charge is 0.108 e. The van der Waals surface area contributed by atoms with Crippen molar-refractivity contribution in [1.82, 2.24) is 10.3 Å². The fraction of sp³-hybridized carbons (Fsp3) is 0.261. The number of rotatable bonds is 9. The van der Waals surface area contributed by atoms with Gasteiger partial charge in [-0.05, 0) is 35.7 Å². The molecular formula is C23H26N2O2. The molecule has 27 heavy (non-hydrogen) atoms. The van der Waals surface area contributed by atoms with Crippen molar-refractivity contribution in [1.29, 1.82) is 0 Å². The zero-order chi connectivity index (χ0) is 18.9. The number of nitrogens with one attached hydrogen (secondary N) is 1. The van der Waals surface area contributed by atoms with E-state index in [0.717, 1.165) is 16.8 Å². The van der Waals surface area contributed by atoms with E-state index in [1.165, 1.54) is 5.56 Å². The van der Waals surface area contributed by atoms with Gasteiger partial charge in [-0.1, -0.05) is 60.7 Å². The number of nitrogens with zero attached hydrogens (tertiary/aromatic N) is 1. The minimum atomic E-state index is -0.594. The number of aromatic nitrogens is 1. The van der Waals surface area contributed by atoms with Gasteiger partial charge in [0.15, 0.2) is 0 Å². The van der Waals surface area contributed by atoms with Crippen molar-refractivity contribution >= 4 is 0 Å². The molecule has 0 bridgehead atoms. The van der Waals surface area contributed by atoms with Crippen molar-refractivity contribution in [2.45, 2.75) is 25.7 Å². The molecule has 4 heteroatoms. The summed E-state index contributed by atoms with van der Waals surface area (Å²) in [6.07, 6.45) is 0.977. The van der Waals surface area contributed by atoms with Crippen LogP contribution in [0.2, 0.25) is 0 Å². The highest BCUT2D eigenvalue weighted by Crippen LogP contribution is 2.28. The minimum Gasteiger partial charge on any atom is -0.389 e. The fourth-order valence-corrected chi connectivity index (χ4v) is 3.01. The second-order valence-electron chi connectivity index (χ2n) is 6.59. The molecule has 0 aliphatic carbocycles. The maximum absolute atomic E-state index is 10.3. The van der Waals surface area contributed by atoms with Gasteiger partial charge in [-0.2, -0.15) is 0 Å². The molecule has 2 N–H and O–H groups in total. The molecule has 0 saturated heterocycles. The van der Waals surface area contributed by atoms with Gasteiger partial charge in [0.25, 0.3) is 0 Å². The predicted octanol–water partition coefficient (Wildman–Crippen LogP) is 3.65. The fourth-order valence-electron chi connectivity index (χ4n) is 3.01. The van der Waals surface area contributed by atoms with Gasteiger partial charge in [0, 0.05) is 19.3 Å². The number of hydrogen-bond acceptors (Lipinski definition) is 4. The molecule has 0 amide bonds. The van der Waals surface area contributed by atoms with Gasteiger partial charge in [0.1, 0.15) is 6.10 Å². The Balaban J connectivity index is 1.59. The monoisotopic (exact) mass is 362 g/mol. The van der Waals surface area contributed by atoms with Crippen LogP contribution in [0.4, 0.5) is 0 Å². The molecule has 0 unspecified atom stereocenters. The SMILES string of the molecule is Cc1ccccc1[C@@H](OC[C@@H](O)CNCc1ccccn1)c1ccccc1. The van der Waals surface area contributed by atoms with Gasteiger partial charge in [-0.15, -0.1) is 0 Å². The highest BCUT2D eigenvalue weighted by molar-refractivity contribution is 5.35. The van der Waals surface area contributed by atoms with Gasteiger partial charge < -0.3 is 15.2 Å². The third kappa shape index (κ3) is 5.73. The predicted molar refractivity (Wildman–Crippen MR) is 107 cm³/mol. The first-order chi connectivity index (χ1) is 13.2. The molecule has 0 spiro atoms. The third-order valence-corrected chi connectivity index (χ3v) is 4.44. The molecule has 140 valence electrons. The minimum absolute atomic E-state index is 0.196. The van der Waals surface area contributed by atoms with Crippen LogP contribution in [0.3, 0.4) is 0 Å². The van der Waals surface area contributed by atoms with Crippen molar-refractivity contribution in [3.8, 4) is 0 Å². The Morgan fingerprint density at radius 2 is 1.70 bits per heavy atom. The van der Waals surface area contributed by atoms with E-state index in [0.29, 0.717) is 13.1 Å². The van der Waals surface area contributed by atoms with Crippen LogP contribution in [0, 0.1) is 6.92 Å². The van der Waals surface area contributed by atoms with E-state index in [-0.39, 0.29) is 12.7 Å². The van der Waals surface area contributed by atoms with Crippen LogP contribution < -0.4 is 5.32 Å². The molecule has 0 saturated carbocycles. The van der Waals surface area contributed by atoms with E-state index in [2.05, 4.69) is 41.5 Å². The molecule has 3 aromatic rings. The summed E-state index contributed by atoms with van der Waals surface area (Å²) >= 11 is 0. The molecule has 0 radical (unpaired) electrons. The summed E-state index contributed by atoms with van der Waals surface area (Å²) in [5.74, 6) is 0. The summed E-state index contributed by atoms with van der Waals surface area (Å²) in [6, 6.07) is 24.1. The molecule has 2 aromatic carbocycles. The Bertz CT molecular complexity index is 809. The van der Waals surface area contributed by atoms with E-state index in [1.807, 2.05) is 48.5 Å². The van der Waals surface area contributed by atoms with E-state index in [1.54, 1.807) is 6.20 Å². The van der Waals surface area contributed by atoms with Gasteiger partial charge in [0.05, 0.1) is 18.4 Å². The Morgan fingerprint density at radius 1 is 0.963 bits per heavy atom. The summed E-state index contributed by atoms with van der Waals surface area (Å²) < 4.78 is 6.15. The lowest BCUT2D eigenvalue weighted by molar-refractivity contribution is 0.00625. The second kappa shape index (κ2) is 9.97. The average molecular weight is 362 g/mol. The van der Waals surface area contributed by atoms with Crippen molar-refractivity contribution in [2.24, 2.45) is 0 Å². The molecular weight excluding hydrogens is 336 g/mol. The Kier molecular flexibility index (Phi) is 7.11. The summed E-state index contributed by atoms with van der Waals surface area (Å²) in [7, 11) is 0. The first kappa shape index (κ1) is 19.2. The number of aryl methyl sites for hydroxylation is 1. The summed E-state index contributed by atoms with van der Waals surface area (Å²) in [5.41, 5.74) is 4.33. The maximum atomic E-state index is 10.3. The topological polar surface area (TPSA) is 54.4 Å². The molecule has 1 heterocycles. The van der Waals surface area contributed by atoms with Crippen LogP contribution in [-0.2, 0) is 11.3 Å². The maximum Gasteiger partial charge on any atom is 0.108 e. The Morgan fingerprint density at radius 3 is 2.44 bits per heavy atom. The van der Waals surface area contributed by atoms with Crippen LogP contribution in [-0.4, -0.2) is 29.3 Å². The molecule has 0 fully saturated rings. The summed E-state index contributed by atoms with van der Waals surface area (Å²) in [6.45, 7) is 3.41. The zero-order valence-electron chi connectivity index (χ0n) is 15.6. The summed E-state index contributed by atoms with van der Waals surface area (Å²) in [4.78, 5) is 4.26. The van der Waals surface area contributed by atoms with E-state index in [4.69, 9.17) is 4.74 Å². The van der Waals surface area contributed by atoms with E-state index in [9.17, 15) is 5.11 Å². The highest BCUT2D eigenvalue weighted by Gasteiger charge is 2.18. The highest BCUT2D eigenvalue weighted by atomic mass is 16.5. The van der Waals surface area contributed by atoms with Gasteiger partial charge in [0.2, 0.25) is 0 Å². The molecule has 3 rings (SSSR count). The van der Waals surface area contributed by atoms with Crippen molar-refractivity contribution < 1.29 is 9.84 Å². The number of benzene rings is 2. The molecule has 2 atom stereocenters. The van der Waals surface area contributed by atoms with Crippen molar-refractivity contribution in [3.63, 3.8) is 0 Å². The quantitative estimate of drug-likeness (QED) is 0.610. The van der Waals surface area contributed by atoms with E-state index < -0.39 is 6.10 Å². The molecule has 4 nitrogen and oxygen atoms in total. The Hall–Kier alpha value is -2.53. The largest absolute Gasteiger partial charge is 0.389 e. The Labute approximate surface area is 160 Å². The first-order valence-corrected chi connectivity index (χ1v) is 9.25. The average Bonchev–Trinajstić information content (AvgIpc) is 2.71. The van der Waals surface area contributed by atoms with Crippen LogP contribution in [0.15, 0.2) is 79.0 Å². The van der Waals surface area contributed by atoms with Gasteiger partial charge in [-0.25, -0.2) is 0 Å². The van der Waals surface area contributed by atoms with E-state index >= 15 is 0 Å².